The molecule has 2 heterocycles. The maximum Gasteiger partial charge on any atom is 0.254 e. The molecule has 0 unspecified atom stereocenters. The number of hydrogen-bond donors (Lipinski definition) is 1. The number of hydrogen-bond acceptors (Lipinski definition) is 3. The third-order valence-corrected chi connectivity index (χ3v) is 5.57. The summed E-state index contributed by atoms with van der Waals surface area (Å²) in [6, 6.07) is 3.70. The number of aromatic nitrogens is 1. The average molecular weight is 281 g/mol. The predicted octanol–water partition coefficient (Wildman–Crippen LogP) is 1.40. The molecular formula is C16H15N3O2. The van der Waals surface area contributed by atoms with Gasteiger partial charge in [-0.2, -0.15) is 10.1 Å². The Kier molecular flexibility index (Phi) is 2.04. The van der Waals surface area contributed by atoms with Crippen molar-refractivity contribution >= 4 is 18.0 Å². The van der Waals surface area contributed by atoms with E-state index in [2.05, 4.69) is 22.2 Å². The zero-order valence-electron chi connectivity index (χ0n) is 11.3. The molecule has 21 heavy (non-hydrogen) atoms. The quantitative estimate of drug-likeness (QED) is 0.506. The second-order valence-corrected chi connectivity index (χ2v) is 6.51. The topological polar surface area (TPSA) is 65.5 Å². The molecule has 2 amide bonds. The summed E-state index contributed by atoms with van der Waals surface area (Å²) >= 11 is 0. The first-order valence-corrected chi connectivity index (χ1v) is 7.49. The number of nitrogens with one attached hydrogen (secondary N) is 1. The highest BCUT2D eigenvalue weighted by Crippen LogP contribution is 2.65. The van der Waals surface area contributed by atoms with Crippen LogP contribution in [0.2, 0.25) is 0 Å². The van der Waals surface area contributed by atoms with Gasteiger partial charge in [-0.1, -0.05) is 12.2 Å². The first-order chi connectivity index (χ1) is 10.3. The molecule has 2 bridgehead atoms. The largest absolute Gasteiger partial charge is 0.360 e. The van der Waals surface area contributed by atoms with Crippen LogP contribution >= 0.6 is 0 Å². The summed E-state index contributed by atoms with van der Waals surface area (Å²) in [5.41, 5.74) is 0.786. The van der Waals surface area contributed by atoms with Crippen LogP contribution in [0.5, 0.6) is 0 Å². The Bertz CT molecular complexity index is 654. The molecule has 1 saturated heterocycles. The lowest BCUT2D eigenvalue weighted by Gasteiger charge is -2.37. The number of allylic oxidation sites excluding steroid dienone is 2. The Labute approximate surface area is 121 Å². The number of amides is 2. The molecule has 0 radical (unpaired) electrons. The summed E-state index contributed by atoms with van der Waals surface area (Å²) in [5.74, 6) is 1.21. The van der Waals surface area contributed by atoms with Crippen LogP contribution in [0, 0.1) is 35.5 Å². The van der Waals surface area contributed by atoms with E-state index in [9.17, 15) is 9.59 Å². The van der Waals surface area contributed by atoms with E-state index in [4.69, 9.17) is 0 Å². The highest BCUT2D eigenvalue weighted by molar-refractivity contribution is 6.06. The summed E-state index contributed by atoms with van der Waals surface area (Å²) in [6.07, 6.45) is 8.85. The normalized spacial score (nSPS) is 42.8. The fraction of sp³-hybridized carbons (Fsp3) is 0.438. The van der Waals surface area contributed by atoms with Crippen LogP contribution in [0.15, 0.2) is 35.6 Å². The third-order valence-electron chi connectivity index (χ3n) is 5.57. The summed E-state index contributed by atoms with van der Waals surface area (Å²) in [5, 5.41) is 5.24. The lowest BCUT2D eigenvalue weighted by atomic mass is 9.63. The number of carbonyl (C=O) groups is 2. The van der Waals surface area contributed by atoms with Crippen LogP contribution in [0.4, 0.5) is 0 Å². The van der Waals surface area contributed by atoms with Gasteiger partial charge in [-0.15, -0.1) is 0 Å². The number of imide groups is 1. The standard InChI is InChI=1S/C16H15N3O2/c20-15-13-9-3-4-10(12-6-11(9)12)14(13)16(21)19(15)18-7-8-2-1-5-17-8/h1-5,7,9-14,17H,6H2/b18-7-/t9-,10-,11-,12-,13-,14+/m1/s1. The molecule has 2 saturated carbocycles. The summed E-state index contributed by atoms with van der Waals surface area (Å²) in [7, 11) is 0. The number of nitrogens with zero attached hydrogens (tertiary/aromatic N) is 2. The number of H-pyrrole nitrogens is 1. The van der Waals surface area contributed by atoms with Gasteiger partial charge in [-0.25, -0.2) is 0 Å². The lowest BCUT2D eigenvalue weighted by Crippen LogP contribution is -2.40. The van der Waals surface area contributed by atoms with Gasteiger partial charge in [0.25, 0.3) is 11.8 Å². The van der Waals surface area contributed by atoms with Gasteiger partial charge < -0.3 is 4.98 Å². The Balaban J connectivity index is 1.48. The van der Waals surface area contributed by atoms with Crippen molar-refractivity contribution < 1.29 is 9.59 Å². The van der Waals surface area contributed by atoms with Crippen LogP contribution in [-0.4, -0.2) is 28.0 Å². The molecule has 6 atom stereocenters. The second-order valence-electron chi connectivity index (χ2n) is 6.51. The molecule has 1 aromatic heterocycles. The van der Waals surface area contributed by atoms with E-state index in [0.717, 1.165) is 10.7 Å². The van der Waals surface area contributed by atoms with E-state index in [1.54, 1.807) is 12.4 Å². The minimum absolute atomic E-state index is 0.113. The number of hydrazone groups is 1. The highest BCUT2D eigenvalue weighted by atomic mass is 16.2. The minimum Gasteiger partial charge on any atom is -0.360 e. The minimum atomic E-state index is -0.169. The van der Waals surface area contributed by atoms with Crippen molar-refractivity contribution in [1.29, 1.82) is 0 Å². The Morgan fingerprint density at radius 1 is 1.14 bits per heavy atom. The molecule has 1 aromatic rings. The van der Waals surface area contributed by atoms with Crippen molar-refractivity contribution in [3.8, 4) is 0 Å². The zero-order chi connectivity index (χ0) is 14.1. The number of carbonyl (C=O) groups excluding carboxylic acids is 2. The van der Waals surface area contributed by atoms with E-state index in [1.807, 2.05) is 12.1 Å². The van der Waals surface area contributed by atoms with Gasteiger partial charge in [-0.3, -0.25) is 9.59 Å². The van der Waals surface area contributed by atoms with Crippen LogP contribution in [0.1, 0.15) is 12.1 Å². The molecule has 5 nitrogen and oxygen atoms in total. The van der Waals surface area contributed by atoms with Crippen molar-refractivity contribution in [2.75, 3.05) is 0 Å². The smallest absolute Gasteiger partial charge is 0.254 e. The Morgan fingerprint density at radius 2 is 1.81 bits per heavy atom. The van der Waals surface area contributed by atoms with Crippen molar-refractivity contribution in [3.63, 3.8) is 0 Å². The van der Waals surface area contributed by atoms with Crippen LogP contribution in [0.25, 0.3) is 0 Å². The van der Waals surface area contributed by atoms with Crippen LogP contribution in [0.3, 0.4) is 0 Å². The molecule has 6 rings (SSSR count). The molecule has 4 aliphatic carbocycles. The van der Waals surface area contributed by atoms with Crippen LogP contribution in [-0.2, 0) is 9.59 Å². The molecule has 0 aromatic carbocycles. The number of aromatic amines is 1. The van der Waals surface area contributed by atoms with Crippen molar-refractivity contribution in [2.24, 2.45) is 40.6 Å². The predicted molar refractivity (Wildman–Crippen MR) is 74.9 cm³/mol. The maximum atomic E-state index is 12.6. The van der Waals surface area contributed by atoms with Crippen molar-refractivity contribution in [3.05, 3.63) is 36.2 Å². The van der Waals surface area contributed by atoms with Gasteiger partial charge in [0.1, 0.15) is 0 Å². The lowest BCUT2D eigenvalue weighted by molar-refractivity contribution is -0.140. The summed E-state index contributed by atoms with van der Waals surface area (Å²) < 4.78 is 0. The Morgan fingerprint density at radius 3 is 2.38 bits per heavy atom. The van der Waals surface area contributed by atoms with Gasteiger partial charge >= 0.3 is 0 Å². The molecular weight excluding hydrogens is 266 g/mol. The van der Waals surface area contributed by atoms with E-state index in [0.29, 0.717) is 11.8 Å². The molecule has 5 heteroatoms. The first kappa shape index (κ1) is 11.5. The number of rotatable bonds is 2. The van der Waals surface area contributed by atoms with Gasteiger partial charge in [0.05, 0.1) is 23.7 Å². The van der Waals surface area contributed by atoms with E-state index in [-0.39, 0.29) is 35.5 Å². The monoisotopic (exact) mass is 281 g/mol. The maximum absolute atomic E-state index is 12.6. The zero-order valence-corrected chi connectivity index (χ0v) is 11.3. The SMILES string of the molecule is O=C1[C@@H]2[C@@H]3C=C[C@H]([C@H]4C[C@H]34)[C@@H]2C(=O)N1/N=C\c1ccc[nH]1. The highest BCUT2D eigenvalue weighted by Gasteiger charge is 2.67. The molecule has 0 spiro atoms. The summed E-state index contributed by atoms with van der Waals surface area (Å²) in [6.45, 7) is 0. The van der Waals surface area contributed by atoms with Crippen molar-refractivity contribution in [1.82, 2.24) is 9.99 Å². The van der Waals surface area contributed by atoms with E-state index < -0.39 is 0 Å². The fourth-order valence-electron chi connectivity index (χ4n) is 4.60. The molecule has 5 aliphatic rings. The van der Waals surface area contributed by atoms with E-state index in [1.165, 1.54) is 6.42 Å². The van der Waals surface area contributed by atoms with E-state index >= 15 is 0 Å². The summed E-state index contributed by atoms with van der Waals surface area (Å²) in [4.78, 5) is 28.2. The Hall–Kier alpha value is -2.17. The third kappa shape index (κ3) is 1.38. The molecule has 106 valence electrons. The second kappa shape index (κ2) is 3.72. The molecule has 1 aliphatic heterocycles. The molecule has 1 N–H and O–H groups in total. The average Bonchev–Trinajstić information content (AvgIpc) is 3.10. The van der Waals surface area contributed by atoms with Gasteiger partial charge in [0.2, 0.25) is 0 Å². The first-order valence-electron chi connectivity index (χ1n) is 7.49. The van der Waals surface area contributed by atoms with Crippen LogP contribution < -0.4 is 0 Å². The van der Waals surface area contributed by atoms with Gasteiger partial charge in [0.15, 0.2) is 0 Å². The van der Waals surface area contributed by atoms with Gasteiger partial charge in [0, 0.05) is 6.20 Å². The molecule has 3 fully saturated rings. The fourth-order valence-corrected chi connectivity index (χ4v) is 4.60. The van der Waals surface area contributed by atoms with Crippen molar-refractivity contribution in [2.45, 2.75) is 6.42 Å². The van der Waals surface area contributed by atoms with Gasteiger partial charge in [-0.05, 0) is 42.2 Å².